The molecule has 6 heteroatoms. The molecule has 2 unspecified atom stereocenters. The van der Waals surface area contributed by atoms with E-state index < -0.39 is 0 Å². The summed E-state index contributed by atoms with van der Waals surface area (Å²) in [6.07, 6.45) is 7.67. The number of piperazine rings is 1. The summed E-state index contributed by atoms with van der Waals surface area (Å²) in [5.41, 5.74) is 0. The lowest BCUT2D eigenvalue weighted by Crippen LogP contribution is -2.55. The molecule has 1 amide bonds. The smallest absolute Gasteiger partial charge is 0.236 e. The summed E-state index contributed by atoms with van der Waals surface area (Å²) in [6, 6.07) is 2.75. The molecule has 0 bridgehead atoms. The van der Waals surface area contributed by atoms with Crippen molar-refractivity contribution >= 4 is 5.91 Å². The van der Waals surface area contributed by atoms with Crippen LogP contribution in [0.5, 0.6) is 0 Å². The summed E-state index contributed by atoms with van der Waals surface area (Å²) in [5.74, 6) is 0.288. The standard InChI is InChI=1S/C23H45N5O/c1-19(26-12-8-21(9-13-26)24(3)4)6-7-20(2)27-14-10-22(11-15-27)28-17-16-25(5)23(29)18-28/h19-22H,6-18H2,1-5H3. The van der Waals surface area contributed by atoms with E-state index in [1.807, 2.05) is 11.9 Å². The predicted molar refractivity (Wildman–Crippen MR) is 120 cm³/mol. The van der Waals surface area contributed by atoms with E-state index in [1.54, 1.807) is 0 Å². The van der Waals surface area contributed by atoms with Crippen molar-refractivity contribution in [2.24, 2.45) is 0 Å². The van der Waals surface area contributed by atoms with Crippen molar-refractivity contribution in [1.29, 1.82) is 0 Å². The summed E-state index contributed by atoms with van der Waals surface area (Å²) < 4.78 is 0. The van der Waals surface area contributed by atoms with Crippen LogP contribution < -0.4 is 0 Å². The zero-order valence-corrected chi connectivity index (χ0v) is 19.6. The zero-order chi connectivity index (χ0) is 21.0. The summed E-state index contributed by atoms with van der Waals surface area (Å²) in [5, 5.41) is 0. The van der Waals surface area contributed by atoms with Crippen molar-refractivity contribution in [3.05, 3.63) is 0 Å². The molecule has 0 radical (unpaired) electrons. The molecule has 0 N–H and O–H groups in total. The molecule has 168 valence electrons. The minimum absolute atomic E-state index is 0.288. The molecule has 2 atom stereocenters. The van der Waals surface area contributed by atoms with Crippen molar-refractivity contribution in [2.45, 2.75) is 76.5 Å². The molecule has 0 aromatic rings. The van der Waals surface area contributed by atoms with Gasteiger partial charge in [0.25, 0.3) is 0 Å². The van der Waals surface area contributed by atoms with E-state index in [2.05, 4.69) is 47.5 Å². The maximum atomic E-state index is 12.0. The van der Waals surface area contributed by atoms with Gasteiger partial charge in [0.05, 0.1) is 6.54 Å². The Morgan fingerprint density at radius 2 is 1.38 bits per heavy atom. The second-order valence-electron chi connectivity index (χ2n) is 10.1. The van der Waals surface area contributed by atoms with Crippen molar-refractivity contribution < 1.29 is 4.79 Å². The molecule has 3 rings (SSSR count). The van der Waals surface area contributed by atoms with E-state index in [1.165, 1.54) is 64.7 Å². The number of rotatable bonds is 7. The molecule has 3 fully saturated rings. The van der Waals surface area contributed by atoms with Gasteiger partial charge in [-0.2, -0.15) is 0 Å². The molecular formula is C23H45N5O. The maximum Gasteiger partial charge on any atom is 0.236 e. The van der Waals surface area contributed by atoms with E-state index in [0.29, 0.717) is 24.7 Å². The first-order valence-electron chi connectivity index (χ1n) is 12.0. The first-order valence-corrected chi connectivity index (χ1v) is 12.0. The Hall–Kier alpha value is -0.690. The van der Waals surface area contributed by atoms with Crippen molar-refractivity contribution in [1.82, 2.24) is 24.5 Å². The van der Waals surface area contributed by atoms with Gasteiger partial charge in [-0.3, -0.25) is 9.69 Å². The molecule has 0 spiro atoms. The number of carbonyl (C=O) groups is 1. The second-order valence-corrected chi connectivity index (χ2v) is 10.1. The third kappa shape index (κ3) is 6.16. The van der Waals surface area contributed by atoms with Gasteiger partial charge in [0.1, 0.15) is 0 Å². The van der Waals surface area contributed by atoms with E-state index in [4.69, 9.17) is 0 Å². The molecule has 3 heterocycles. The van der Waals surface area contributed by atoms with Gasteiger partial charge in [0.15, 0.2) is 0 Å². The number of likely N-dealkylation sites (tertiary alicyclic amines) is 2. The quantitative estimate of drug-likeness (QED) is 0.643. The van der Waals surface area contributed by atoms with Crippen molar-refractivity contribution in [2.75, 3.05) is 67.0 Å². The SMILES string of the molecule is CC(CCC(C)N1CCC(N2CCN(C)C(=O)C2)CC1)N1CCC(N(C)C)CC1. The number of amides is 1. The highest BCUT2D eigenvalue weighted by molar-refractivity contribution is 5.78. The van der Waals surface area contributed by atoms with E-state index >= 15 is 0 Å². The third-order valence-corrected chi connectivity index (χ3v) is 7.98. The van der Waals surface area contributed by atoms with E-state index in [0.717, 1.165) is 19.1 Å². The molecular weight excluding hydrogens is 362 g/mol. The predicted octanol–water partition coefficient (Wildman–Crippen LogP) is 1.81. The number of nitrogens with zero attached hydrogens (tertiary/aromatic N) is 5. The highest BCUT2D eigenvalue weighted by atomic mass is 16.2. The van der Waals surface area contributed by atoms with Gasteiger partial charge in [-0.15, -0.1) is 0 Å². The van der Waals surface area contributed by atoms with Crippen LogP contribution in [-0.4, -0.2) is 122 Å². The van der Waals surface area contributed by atoms with Crippen LogP contribution in [0, 0.1) is 0 Å². The topological polar surface area (TPSA) is 33.3 Å². The first-order chi connectivity index (χ1) is 13.8. The Morgan fingerprint density at radius 3 is 1.86 bits per heavy atom. The normalized spacial score (nSPS) is 27.0. The van der Waals surface area contributed by atoms with E-state index in [-0.39, 0.29) is 5.91 Å². The van der Waals surface area contributed by atoms with Crippen LogP contribution in [0.3, 0.4) is 0 Å². The van der Waals surface area contributed by atoms with Gasteiger partial charge < -0.3 is 19.6 Å². The van der Waals surface area contributed by atoms with Crippen LogP contribution in [0.1, 0.15) is 52.4 Å². The van der Waals surface area contributed by atoms with E-state index in [9.17, 15) is 4.79 Å². The highest BCUT2D eigenvalue weighted by Crippen LogP contribution is 2.23. The third-order valence-electron chi connectivity index (χ3n) is 7.98. The Kier molecular flexibility index (Phi) is 8.37. The average Bonchev–Trinajstić information content (AvgIpc) is 2.74. The first kappa shape index (κ1) is 23.0. The number of carbonyl (C=O) groups excluding carboxylic acids is 1. The van der Waals surface area contributed by atoms with Gasteiger partial charge in [-0.05, 0) is 92.6 Å². The van der Waals surface area contributed by atoms with Crippen molar-refractivity contribution in [3.8, 4) is 0 Å². The van der Waals surface area contributed by atoms with Crippen LogP contribution >= 0.6 is 0 Å². The molecule has 3 saturated heterocycles. The summed E-state index contributed by atoms with van der Waals surface area (Å²) in [7, 11) is 6.36. The molecule has 6 nitrogen and oxygen atoms in total. The van der Waals surface area contributed by atoms with Gasteiger partial charge in [-0.25, -0.2) is 0 Å². The zero-order valence-electron chi connectivity index (χ0n) is 19.6. The van der Waals surface area contributed by atoms with Crippen LogP contribution in [0.4, 0.5) is 0 Å². The Morgan fingerprint density at radius 1 is 0.862 bits per heavy atom. The molecule has 3 aliphatic rings. The minimum atomic E-state index is 0.288. The molecule has 0 saturated carbocycles. The molecule has 3 aliphatic heterocycles. The fraction of sp³-hybridized carbons (Fsp3) is 0.957. The van der Waals surface area contributed by atoms with Gasteiger partial charge in [-0.1, -0.05) is 0 Å². The average molecular weight is 408 g/mol. The van der Waals surface area contributed by atoms with Crippen LogP contribution in [0.25, 0.3) is 0 Å². The fourth-order valence-electron chi connectivity index (χ4n) is 5.47. The van der Waals surface area contributed by atoms with Gasteiger partial charge in [0.2, 0.25) is 5.91 Å². The number of hydrogen-bond donors (Lipinski definition) is 0. The Labute approximate surface area is 179 Å². The minimum Gasteiger partial charge on any atom is -0.343 e. The monoisotopic (exact) mass is 407 g/mol. The van der Waals surface area contributed by atoms with Crippen LogP contribution in [0.2, 0.25) is 0 Å². The molecule has 0 aromatic heterocycles. The van der Waals surface area contributed by atoms with Crippen LogP contribution in [-0.2, 0) is 4.79 Å². The lowest BCUT2D eigenvalue weighted by atomic mass is 9.97. The Balaban J connectivity index is 1.34. The lowest BCUT2D eigenvalue weighted by molar-refractivity contribution is -0.135. The molecule has 0 aliphatic carbocycles. The summed E-state index contributed by atoms with van der Waals surface area (Å²) >= 11 is 0. The number of piperidine rings is 2. The Bertz CT molecular complexity index is 511. The maximum absolute atomic E-state index is 12.0. The molecule has 29 heavy (non-hydrogen) atoms. The van der Waals surface area contributed by atoms with Gasteiger partial charge >= 0.3 is 0 Å². The van der Waals surface area contributed by atoms with Crippen molar-refractivity contribution in [3.63, 3.8) is 0 Å². The lowest BCUT2D eigenvalue weighted by Gasteiger charge is -2.43. The number of likely N-dealkylation sites (N-methyl/N-ethyl adjacent to an activating group) is 1. The summed E-state index contributed by atoms with van der Waals surface area (Å²) in [4.78, 5) is 24.1. The fourth-order valence-corrected chi connectivity index (χ4v) is 5.47. The molecule has 0 aromatic carbocycles. The summed E-state index contributed by atoms with van der Waals surface area (Å²) in [6.45, 7) is 12.3. The van der Waals surface area contributed by atoms with Gasteiger partial charge in [0, 0.05) is 44.3 Å². The highest BCUT2D eigenvalue weighted by Gasteiger charge is 2.31. The largest absolute Gasteiger partial charge is 0.343 e. The number of hydrogen-bond acceptors (Lipinski definition) is 5. The second kappa shape index (κ2) is 10.6. The van der Waals surface area contributed by atoms with Crippen LogP contribution in [0.15, 0.2) is 0 Å².